The van der Waals surface area contributed by atoms with Gasteiger partial charge in [-0.1, -0.05) is 55.8 Å². The number of nitrogens with zero attached hydrogens (tertiary/aromatic N) is 3. The first kappa shape index (κ1) is 27.7. The zero-order valence-electron chi connectivity index (χ0n) is 23.0. The van der Waals surface area contributed by atoms with Crippen LogP contribution in [-0.2, 0) is 22.2 Å². The van der Waals surface area contributed by atoms with Crippen molar-refractivity contribution in [1.29, 1.82) is 0 Å². The van der Waals surface area contributed by atoms with Gasteiger partial charge in [-0.3, -0.25) is 0 Å². The second kappa shape index (κ2) is 11.6. The zero-order chi connectivity index (χ0) is 25.9. The number of ether oxygens (including phenoxy) is 1. The first-order chi connectivity index (χ1) is 17.1. The molecule has 0 amide bonds. The van der Waals surface area contributed by atoms with Crippen molar-refractivity contribution in [3.8, 4) is 0 Å². The molecule has 198 valence electrons. The molecule has 4 rings (SSSR count). The van der Waals surface area contributed by atoms with Crippen molar-refractivity contribution in [2.24, 2.45) is 17.8 Å². The van der Waals surface area contributed by atoms with Crippen molar-refractivity contribution < 1.29 is 9.16 Å². The van der Waals surface area contributed by atoms with Crippen LogP contribution in [0.3, 0.4) is 0 Å². The highest BCUT2D eigenvalue weighted by Gasteiger charge is 2.49. The van der Waals surface area contributed by atoms with E-state index in [1.165, 1.54) is 30.4 Å². The van der Waals surface area contributed by atoms with E-state index in [-0.39, 0.29) is 11.1 Å². The summed E-state index contributed by atoms with van der Waals surface area (Å²) in [6.45, 7) is 17.2. The van der Waals surface area contributed by atoms with E-state index in [2.05, 4.69) is 95.9 Å². The third-order valence-corrected chi connectivity index (χ3v) is 13.7. The van der Waals surface area contributed by atoms with Crippen LogP contribution in [0.25, 0.3) is 0 Å². The number of piperidine rings is 1. The van der Waals surface area contributed by atoms with Gasteiger partial charge in [0.1, 0.15) is 0 Å². The maximum Gasteiger partial charge on any atom is 0.225 e. The first-order valence-electron chi connectivity index (χ1n) is 13.6. The lowest BCUT2D eigenvalue weighted by Crippen LogP contribution is -2.43. The van der Waals surface area contributed by atoms with Crippen LogP contribution < -0.4 is 4.90 Å². The van der Waals surface area contributed by atoms with E-state index in [0.29, 0.717) is 19.1 Å². The van der Waals surface area contributed by atoms with Gasteiger partial charge in [0.05, 0.1) is 19.3 Å². The molecule has 0 unspecified atom stereocenters. The number of hydrogen-bond donors (Lipinski definition) is 0. The molecule has 0 bridgehead atoms. The topological polar surface area (TPSA) is 47.5 Å². The summed E-state index contributed by atoms with van der Waals surface area (Å²) >= 11 is 3.53. The molecule has 1 saturated heterocycles. The molecular formula is C29H44BrN3O2Si. The zero-order valence-corrected chi connectivity index (χ0v) is 25.6. The van der Waals surface area contributed by atoms with E-state index in [1.54, 1.807) is 0 Å². The summed E-state index contributed by atoms with van der Waals surface area (Å²) in [5.74, 6) is 2.99. The number of aromatic nitrogens is 2. The number of rotatable bonds is 10. The fraction of sp³-hybridized carbons (Fsp3) is 0.655. The first-order valence-corrected chi connectivity index (χ1v) is 17.3. The van der Waals surface area contributed by atoms with Gasteiger partial charge in [-0.2, -0.15) is 0 Å². The summed E-state index contributed by atoms with van der Waals surface area (Å²) in [4.78, 5) is 11.6. The Bertz CT molecular complexity index is 970. The van der Waals surface area contributed by atoms with Gasteiger partial charge in [-0.25, -0.2) is 9.97 Å². The van der Waals surface area contributed by atoms with E-state index < -0.39 is 8.32 Å². The van der Waals surface area contributed by atoms with E-state index >= 15 is 0 Å². The lowest BCUT2D eigenvalue weighted by Gasteiger charge is -2.37. The Balaban J connectivity index is 1.34. The Hall–Kier alpha value is -1.28. The summed E-state index contributed by atoms with van der Waals surface area (Å²) in [5.41, 5.74) is 2.42. The average Bonchev–Trinajstić information content (AvgIpc) is 3.65. The third-order valence-electron chi connectivity index (χ3n) is 8.69. The minimum atomic E-state index is -1.82. The van der Waals surface area contributed by atoms with Crippen LogP contribution in [0.15, 0.2) is 41.1 Å². The van der Waals surface area contributed by atoms with Gasteiger partial charge < -0.3 is 14.1 Å². The molecule has 1 aromatic heterocycles. The van der Waals surface area contributed by atoms with E-state index in [0.717, 1.165) is 41.8 Å². The largest absolute Gasteiger partial charge is 0.414 e. The molecule has 0 spiro atoms. The van der Waals surface area contributed by atoms with Crippen LogP contribution >= 0.6 is 15.9 Å². The molecular weight excluding hydrogens is 530 g/mol. The van der Waals surface area contributed by atoms with Crippen molar-refractivity contribution in [1.82, 2.24) is 9.97 Å². The normalized spacial score (nSPS) is 22.0. The maximum atomic E-state index is 6.68. The highest BCUT2D eigenvalue weighted by Crippen LogP contribution is 2.51. The molecule has 2 fully saturated rings. The fourth-order valence-electron chi connectivity index (χ4n) is 5.01. The smallest absolute Gasteiger partial charge is 0.225 e. The third kappa shape index (κ3) is 6.97. The molecule has 1 saturated carbocycles. The predicted octanol–water partition coefficient (Wildman–Crippen LogP) is 7.26. The van der Waals surface area contributed by atoms with Gasteiger partial charge >= 0.3 is 0 Å². The van der Waals surface area contributed by atoms with Gasteiger partial charge in [0.25, 0.3) is 0 Å². The monoisotopic (exact) mass is 573 g/mol. The van der Waals surface area contributed by atoms with E-state index in [1.807, 2.05) is 12.4 Å². The van der Waals surface area contributed by atoms with Crippen LogP contribution in [-0.4, -0.2) is 44.1 Å². The number of aryl methyl sites for hydroxylation is 1. The van der Waals surface area contributed by atoms with Crippen molar-refractivity contribution >= 4 is 30.2 Å². The molecule has 2 aliphatic rings. The number of hydrogen-bond acceptors (Lipinski definition) is 5. The SMILES string of the molecule is CCc1cnc(N2CCC([C@H]3C[C@H]3[C@H](CO[Si](C)(C)C(C)(C)C)OCc3ccc(Br)cc3)CC2)nc1. The fourth-order valence-corrected chi connectivity index (χ4v) is 6.29. The number of halogens is 1. The van der Waals surface area contributed by atoms with E-state index in [9.17, 15) is 0 Å². The summed E-state index contributed by atoms with van der Waals surface area (Å²) < 4.78 is 14.4. The minimum absolute atomic E-state index is 0.163. The average molecular weight is 575 g/mol. The second-order valence-corrected chi connectivity index (χ2v) is 17.9. The molecule has 2 aromatic rings. The predicted molar refractivity (Wildman–Crippen MR) is 154 cm³/mol. The molecule has 36 heavy (non-hydrogen) atoms. The molecule has 5 nitrogen and oxygen atoms in total. The Morgan fingerprint density at radius 1 is 1.06 bits per heavy atom. The van der Waals surface area contributed by atoms with Gasteiger partial charge in [-0.15, -0.1) is 0 Å². The van der Waals surface area contributed by atoms with Crippen molar-refractivity contribution in [2.45, 2.75) is 84.2 Å². The minimum Gasteiger partial charge on any atom is -0.414 e. The van der Waals surface area contributed by atoms with Crippen LogP contribution in [0, 0.1) is 17.8 Å². The lowest BCUT2D eigenvalue weighted by atomic mass is 9.90. The Morgan fingerprint density at radius 2 is 1.69 bits per heavy atom. The molecule has 3 atom stereocenters. The number of benzene rings is 1. The van der Waals surface area contributed by atoms with Crippen LogP contribution in [0.4, 0.5) is 5.95 Å². The number of anilines is 1. The van der Waals surface area contributed by atoms with Crippen LogP contribution in [0.5, 0.6) is 0 Å². The quantitative estimate of drug-likeness (QED) is 0.280. The molecule has 0 N–H and O–H groups in total. The highest BCUT2D eigenvalue weighted by molar-refractivity contribution is 9.10. The van der Waals surface area contributed by atoms with Crippen LogP contribution in [0.2, 0.25) is 18.1 Å². The molecule has 2 heterocycles. The summed E-state index contributed by atoms with van der Waals surface area (Å²) in [6.07, 6.45) is 8.78. The Morgan fingerprint density at radius 3 is 2.28 bits per heavy atom. The second-order valence-electron chi connectivity index (χ2n) is 12.2. The molecule has 7 heteroatoms. The van der Waals surface area contributed by atoms with Crippen LogP contribution in [0.1, 0.15) is 58.1 Å². The Kier molecular flexibility index (Phi) is 8.96. The lowest BCUT2D eigenvalue weighted by molar-refractivity contribution is -0.0125. The summed E-state index contributed by atoms with van der Waals surface area (Å²) in [7, 11) is -1.82. The van der Waals surface area contributed by atoms with Gasteiger partial charge in [-0.05, 0) is 84.8 Å². The van der Waals surface area contributed by atoms with Gasteiger partial charge in [0.15, 0.2) is 8.32 Å². The highest BCUT2D eigenvalue weighted by atomic mass is 79.9. The Labute approximate surface area is 227 Å². The maximum absolute atomic E-state index is 6.68. The summed E-state index contributed by atoms with van der Waals surface area (Å²) in [6, 6.07) is 8.47. The van der Waals surface area contributed by atoms with E-state index in [4.69, 9.17) is 9.16 Å². The molecule has 1 aliphatic heterocycles. The van der Waals surface area contributed by atoms with Crippen molar-refractivity contribution in [3.05, 3.63) is 52.3 Å². The summed E-state index contributed by atoms with van der Waals surface area (Å²) in [5, 5.41) is 0.205. The van der Waals surface area contributed by atoms with Crippen molar-refractivity contribution in [3.63, 3.8) is 0 Å². The standard InChI is InChI=1S/C29H44BrN3O2Si/c1-7-21-17-31-28(32-18-21)33-14-12-23(13-15-33)25-16-26(25)27(20-35-36(5,6)29(2,3)4)34-19-22-8-10-24(30)11-9-22/h8-11,17-18,23,25-27H,7,12-16,19-20H2,1-6H3/t25-,26-,27+/m1/s1. The van der Waals surface area contributed by atoms with Crippen molar-refractivity contribution in [2.75, 3.05) is 24.6 Å². The van der Waals surface area contributed by atoms with Gasteiger partial charge in [0.2, 0.25) is 5.95 Å². The molecule has 1 aromatic carbocycles. The molecule has 1 aliphatic carbocycles. The van der Waals surface area contributed by atoms with Gasteiger partial charge in [0, 0.05) is 30.0 Å². The molecule has 0 radical (unpaired) electrons.